The first-order valence-corrected chi connectivity index (χ1v) is 6.03. The van der Waals surface area contributed by atoms with Crippen LogP contribution in [0.5, 0.6) is 0 Å². The second kappa shape index (κ2) is 43.8. The zero-order valence-electron chi connectivity index (χ0n) is 11.8. The summed E-state index contributed by atoms with van der Waals surface area (Å²) < 4.78 is 5.13. The van der Waals surface area contributed by atoms with Crippen molar-refractivity contribution in [1.29, 1.82) is 10.8 Å². The molecule has 7 heteroatoms. The third-order valence-electron chi connectivity index (χ3n) is 1.26. The van der Waals surface area contributed by atoms with Gasteiger partial charge in [-0.1, -0.05) is 13.8 Å². The molecule has 114 valence electrons. The number of aliphatic hydroxyl groups is 2. The molecule has 0 aromatic rings. The van der Waals surface area contributed by atoms with Gasteiger partial charge in [0.2, 0.25) is 12.2 Å². The van der Waals surface area contributed by atoms with E-state index in [1.807, 2.05) is 0 Å². The van der Waals surface area contributed by atoms with Gasteiger partial charge in [-0.25, -0.2) is 20.4 Å². The third-order valence-corrected chi connectivity index (χ3v) is 1.26. The Labute approximate surface area is 114 Å². The number of hydrogen-bond donors (Lipinski definition) is 4. The number of nitrogens with one attached hydrogen (secondary N) is 2. The molecule has 0 radical (unpaired) electrons. The standard InChI is InChI=1S/C6H14O.C4H10O2.2CHNO/c1-3-5-7-6-4-2;5-3-1-2-4-6;2*2-1-3/h3-6H2,1-2H3;5-6H,1-4H2;2*2H. The van der Waals surface area contributed by atoms with E-state index in [2.05, 4.69) is 13.8 Å². The van der Waals surface area contributed by atoms with Gasteiger partial charge in [0.1, 0.15) is 0 Å². The van der Waals surface area contributed by atoms with Crippen molar-refractivity contribution in [2.45, 2.75) is 39.5 Å². The van der Waals surface area contributed by atoms with Crippen LogP contribution >= 0.6 is 0 Å². The van der Waals surface area contributed by atoms with Crippen LogP contribution in [0.2, 0.25) is 0 Å². The predicted molar refractivity (Wildman–Crippen MR) is 71.6 cm³/mol. The highest BCUT2D eigenvalue weighted by molar-refractivity contribution is 5.26. The van der Waals surface area contributed by atoms with Crippen molar-refractivity contribution in [2.75, 3.05) is 26.4 Å². The predicted octanol–water partition coefficient (Wildman–Crippen LogP) is 1.38. The molecule has 0 rings (SSSR count). The molecule has 0 aromatic heterocycles. The molecular weight excluding hydrogens is 252 g/mol. The zero-order valence-corrected chi connectivity index (χ0v) is 11.8. The molecule has 19 heavy (non-hydrogen) atoms. The molecule has 0 saturated heterocycles. The van der Waals surface area contributed by atoms with E-state index in [0.29, 0.717) is 0 Å². The number of isocyanates is 2. The number of hydrogen-bond acceptors (Lipinski definition) is 7. The largest absolute Gasteiger partial charge is 0.396 e. The first-order chi connectivity index (χ1) is 9.16. The molecule has 0 bridgehead atoms. The fourth-order valence-electron chi connectivity index (χ4n) is 0.614. The van der Waals surface area contributed by atoms with Gasteiger partial charge in [0, 0.05) is 26.4 Å². The van der Waals surface area contributed by atoms with Gasteiger partial charge < -0.3 is 14.9 Å². The lowest BCUT2D eigenvalue weighted by molar-refractivity contribution is 0.135. The summed E-state index contributed by atoms with van der Waals surface area (Å²) in [5.74, 6) is 0. The second-order valence-corrected chi connectivity index (χ2v) is 2.97. The van der Waals surface area contributed by atoms with Gasteiger partial charge in [0.05, 0.1) is 0 Å². The lowest BCUT2D eigenvalue weighted by Crippen LogP contribution is -1.92. The Bertz CT molecular complexity index is 169. The lowest BCUT2D eigenvalue weighted by Gasteiger charge is -1.95. The molecule has 4 N–H and O–H groups in total. The van der Waals surface area contributed by atoms with E-state index in [9.17, 15) is 0 Å². The molecule has 0 aliphatic heterocycles. The third kappa shape index (κ3) is 112. The topological polar surface area (TPSA) is 132 Å². The van der Waals surface area contributed by atoms with Crippen molar-refractivity contribution in [3.8, 4) is 0 Å². The Hall–Kier alpha value is -1.36. The Morgan fingerprint density at radius 3 is 1.32 bits per heavy atom. The highest BCUT2D eigenvalue weighted by Gasteiger charge is 1.78. The summed E-state index contributed by atoms with van der Waals surface area (Å²) in [6.45, 7) is 6.48. The van der Waals surface area contributed by atoms with Gasteiger partial charge in [-0.3, -0.25) is 0 Å². The molecule has 0 aromatic carbocycles. The molecule has 0 fully saturated rings. The number of carbonyl (C=O) groups excluding carboxylic acids is 2. The highest BCUT2D eigenvalue weighted by Crippen LogP contribution is 1.81. The number of unbranched alkanes of at least 4 members (excludes halogenated alkanes) is 1. The molecule has 0 aliphatic rings. The fraction of sp³-hybridized carbons (Fsp3) is 0.833. The van der Waals surface area contributed by atoms with E-state index in [0.717, 1.165) is 51.1 Å². The molecule has 0 heterocycles. The summed E-state index contributed by atoms with van der Waals surface area (Å²) in [5, 5.41) is 27.0. The van der Waals surface area contributed by atoms with Gasteiger partial charge in [-0.05, 0) is 25.7 Å². The van der Waals surface area contributed by atoms with Crippen molar-refractivity contribution in [2.24, 2.45) is 0 Å². The van der Waals surface area contributed by atoms with Crippen LogP contribution in [0, 0.1) is 10.8 Å². The Morgan fingerprint density at radius 2 is 1.16 bits per heavy atom. The first-order valence-electron chi connectivity index (χ1n) is 6.03. The summed E-state index contributed by atoms with van der Waals surface area (Å²) in [5.41, 5.74) is 0. The molecular formula is C12H26N2O5. The van der Waals surface area contributed by atoms with Gasteiger partial charge in [-0.15, -0.1) is 0 Å². The van der Waals surface area contributed by atoms with E-state index in [-0.39, 0.29) is 13.2 Å². The number of rotatable bonds is 7. The smallest absolute Gasteiger partial charge is 0.231 e. The van der Waals surface area contributed by atoms with E-state index < -0.39 is 0 Å². The van der Waals surface area contributed by atoms with Crippen LogP contribution in [-0.4, -0.2) is 48.8 Å². The van der Waals surface area contributed by atoms with Crippen LogP contribution in [0.25, 0.3) is 0 Å². The molecule has 7 nitrogen and oxygen atoms in total. The minimum absolute atomic E-state index is 0.195. The van der Waals surface area contributed by atoms with E-state index in [1.54, 1.807) is 0 Å². The molecule has 0 amide bonds. The number of ether oxygens (including phenoxy) is 1. The van der Waals surface area contributed by atoms with Crippen molar-refractivity contribution in [3.63, 3.8) is 0 Å². The van der Waals surface area contributed by atoms with Crippen molar-refractivity contribution >= 4 is 12.2 Å². The Kier molecular flexibility index (Phi) is 60.5. The maximum atomic E-state index is 8.35. The average molecular weight is 278 g/mol. The van der Waals surface area contributed by atoms with Gasteiger partial charge in [0.15, 0.2) is 0 Å². The van der Waals surface area contributed by atoms with Gasteiger partial charge in [0.25, 0.3) is 0 Å². The Morgan fingerprint density at radius 1 is 0.895 bits per heavy atom. The minimum Gasteiger partial charge on any atom is -0.396 e. The second-order valence-electron chi connectivity index (χ2n) is 2.97. The molecule has 0 unspecified atom stereocenters. The number of aliphatic hydroxyl groups excluding tert-OH is 2. The van der Waals surface area contributed by atoms with Gasteiger partial charge in [-0.2, -0.15) is 0 Å². The Balaban J connectivity index is -0.0000000851. The zero-order chi connectivity index (χ0) is 15.8. The summed E-state index contributed by atoms with van der Waals surface area (Å²) in [6, 6.07) is 0. The van der Waals surface area contributed by atoms with Crippen LogP contribution < -0.4 is 0 Å². The van der Waals surface area contributed by atoms with Crippen molar-refractivity contribution < 1.29 is 24.5 Å². The molecule has 0 aliphatic carbocycles. The molecule has 0 saturated carbocycles. The van der Waals surface area contributed by atoms with Crippen LogP contribution in [0.4, 0.5) is 0 Å². The first kappa shape index (κ1) is 26.3. The molecule has 0 spiro atoms. The van der Waals surface area contributed by atoms with E-state index >= 15 is 0 Å². The average Bonchev–Trinajstić information content (AvgIpc) is 2.40. The van der Waals surface area contributed by atoms with Crippen LogP contribution in [0.3, 0.4) is 0 Å². The SMILES string of the molecule is CCCOCCC.N=C=O.N=C=O.OCCCCO. The van der Waals surface area contributed by atoms with Crippen molar-refractivity contribution in [3.05, 3.63) is 0 Å². The van der Waals surface area contributed by atoms with Crippen LogP contribution in [0.15, 0.2) is 0 Å². The summed E-state index contributed by atoms with van der Waals surface area (Å²) in [4.78, 5) is 16.7. The summed E-state index contributed by atoms with van der Waals surface area (Å²) >= 11 is 0. The van der Waals surface area contributed by atoms with Crippen LogP contribution in [0.1, 0.15) is 39.5 Å². The maximum absolute atomic E-state index is 8.35. The monoisotopic (exact) mass is 278 g/mol. The maximum Gasteiger partial charge on any atom is 0.231 e. The van der Waals surface area contributed by atoms with E-state index in [4.69, 9.17) is 35.4 Å². The minimum atomic E-state index is 0.195. The van der Waals surface area contributed by atoms with E-state index in [1.165, 1.54) is 0 Å². The van der Waals surface area contributed by atoms with Gasteiger partial charge >= 0.3 is 0 Å². The fourth-order valence-corrected chi connectivity index (χ4v) is 0.614. The highest BCUT2D eigenvalue weighted by atomic mass is 16.5. The summed E-state index contributed by atoms with van der Waals surface area (Å²) in [6.07, 6.45) is 5.22. The normalized spacial score (nSPS) is 7.16. The quantitative estimate of drug-likeness (QED) is 0.317. The lowest BCUT2D eigenvalue weighted by atomic mass is 10.3. The van der Waals surface area contributed by atoms with Crippen molar-refractivity contribution in [1.82, 2.24) is 0 Å². The van der Waals surface area contributed by atoms with Crippen LogP contribution in [-0.2, 0) is 14.3 Å². The molecule has 0 atom stereocenters. The summed E-state index contributed by atoms with van der Waals surface area (Å²) in [7, 11) is 0.